The second kappa shape index (κ2) is 5.12. The van der Waals surface area contributed by atoms with Gasteiger partial charge in [0.1, 0.15) is 11.6 Å². The zero-order valence-corrected chi connectivity index (χ0v) is 11.5. The zero-order valence-electron chi connectivity index (χ0n) is 11.5. The van der Waals surface area contributed by atoms with Gasteiger partial charge in [0.05, 0.1) is 0 Å². The average Bonchev–Trinajstić information content (AvgIpc) is 2.88. The highest BCUT2D eigenvalue weighted by Crippen LogP contribution is 2.48. The summed E-state index contributed by atoms with van der Waals surface area (Å²) in [4.78, 5) is 2.26. The van der Waals surface area contributed by atoms with E-state index in [2.05, 4.69) is 11.9 Å². The number of phenolic OH excluding ortho intramolecular Hbond substituents is 1. The minimum atomic E-state index is -0.358. The van der Waals surface area contributed by atoms with E-state index in [4.69, 9.17) is 0 Å². The van der Waals surface area contributed by atoms with Crippen LogP contribution in [-0.2, 0) is 6.54 Å². The molecule has 3 rings (SSSR count). The maximum absolute atomic E-state index is 13.2. The summed E-state index contributed by atoms with van der Waals surface area (Å²) >= 11 is 0. The molecule has 1 aromatic carbocycles. The lowest BCUT2D eigenvalue weighted by Crippen LogP contribution is -2.28. The van der Waals surface area contributed by atoms with Crippen LogP contribution in [0.2, 0.25) is 0 Å². The molecule has 2 nitrogen and oxygen atoms in total. The smallest absolute Gasteiger partial charge is 0.127 e. The minimum Gasteiger partial charge on any atom is -0.508 e. The Labute approximate surface area is 114 Å². The van der Waals surface area contributed by atoms with Gasteiger partial charge in [-0.05, 0) is 61.8 Å². The monoisotopic (exact) mass is 263 g/mol. The van der Waals surface area contributed by atoms with E-state index in [0.29, 0.717) is 6.54 Å². The largest absolute Gasteiger partial charge is 0.508 e. The Bertz CT molecular complexity index is 442. The Morgan fingerprint density at radius 2 is 2.11 bits per heavy atom. The van der Waals surface area contributed by atoms with Gasteiger partial charge in [0.15, 0.2) is 0 Å². The molecular weight excluding hydrogens is 241 g/mol. The van der Waals surface area contributed by atoms with Crippen LogP contribution in [0.15, 0.2) is 18.2 Å². The predicted molar refractivity (Wildman–Crippen MR) is 73.3 cm³/mol. The number of hydrogen-bond donors (Lipinski definition) is 1. The summed E-state index contributed by atoms with van der Waals surface area (Å²) in [5.41, 5.74) is 0.850. The molecular formula is C16H22FNO. The standard InChI is InChI=1S/C16H22FNO/c1-18(9-12-6-15(17)8-16(19)7-12)10-14-5-11-2-3-13(14)4-11/h6-8,11,13-14,19H,2-5,9-10H2,1H3. The van der Waals surface area contributed by atoms with Crippen molar-refractivity contribution in [1.29, 1.82) is 0 Å². The van der Waals surface area contributed by atoms with Gasteiger partial charge < -0.3 is 10.0 Å². The first-order valence-electron chi connectivity index (χ1n) is 7.27. The number of halogens is 1. The maximum atomic E-state index is 13.2. The highest BCUT2D eigenvalue weighted by molar-refractivity contribution is 5.28. The van der Waals surface area contributed by atoms with Gasteiger partial charge >= 0.3 is 0 Å². The van der Waals surface area contributed by atoms with E-state index >= 15 is 0 Å². The van der Waals surface area contributed by atoms with E-state index < -0.39 is 0 Å². The van der Waals surface area contributed by atoms with Gasteiger partial charge in [-0.25, -0.2) is 4.39 Å². The van der Waals surface area contributed by atoms with Gasteiger partial charge in [0.2, 0.25) is 0 Å². The first-order chi connectivity index (χ1) is 9.10. The lowest BCUT2D eigenvalue weighted by Gasteiger charge is -2.27. The van der Waals surface area contributed by atoms with Crippen molar-refractivity contribution in [2.45, 2.75) is 32.2 Å². The van der Waals surface area contributed by atoms with Crippen LogP contribution >= 0.6 is 0 Å². The van der Waals surface area contributed by atoms with E-state index in [-0.39, 0.29) is 11.6 Å². The fourth-order valence-corrected chi connectivity index (χ4v) is 4.10. The molecule has 3 heteroatoms. The van der Waals surface area contributed by atoms with Gasteiger partial charge in [0, 0.05) is 19.2 Å². The summed E-state index contributed by atoms with van der Waals surface area (Å²) < 4.78 is 13.2. The molecule has 0 spiro atoms. The van der Waals surface area contributed by atoms with E-state index in [9.17, 15) is 9.50 Å². The van der Waals surface area contributed by atoms with Crippen molar-refractivity contribution in [3.05, 3.63) is 29.6 Å². The SMILES string of the molecule is CN(Cc1cc(O)cc(F)c1)CC1CC2CCC1C2. The van der Waals surface area contributed by atoms with Gasteiger partial charge in [0.25, 0.3) is 0 Å². The quantitative estimate of drug-likeness (QED) is 0.900. The highest BCUT2D eigenvalue weighted by Gasteiger charge is 2.39. The van der Waals surface area contributed by atoms with Crippen molar-refractivity contribution in [3.8, 4) is 5.75 Å². The summed E-state index contributed by atoms with van der Waals surface area (Å²) in [6, 6.07) is 4.32. The highest BCUT2D eigenvalue weighted by atomic mass is 19.1. The van der Waals surface area contributed by atoms with E-state index in [0.717, 1.165) is 35.9 Å². The summed E-state index contributed by atoms with van der Waals surface area (Å²) in [7, 11) is 2.09. The molecule has 0 amide bonds. The molecule has 2 bridgehead atoms. The Morgan fingerprint density at radius 1 is 1.26 bits per heavy atom. The van der Waals surface area contributed by atoms with E-state index in [1.165, 1.54) is 31.7 Å². The molecule has 2 aliphatic rings. The third-order valence-corrected chi connectivity index (χ3v) is 4.83. The molecule has 2 saturated carbocycles. The number of fused-ring (bicyclic) bond motifs is 2. The van der Waals surface area contributed by atoms with Gasteiger partial charge in [-0.15, -0.1) is 0 Å². The topological polar surface area (TPSA) is 23.5 Å². The molecule has 1 aromatic rings. The molecule has 104 valence electrons. The summed E-state index contributed by atoms with van der Waals surface area (Å²) in [6.45, 7) is 1.80. The van der Waals surface area contributed by atoms with Crippen LogP contribution in [0.25, 0.3) is 0 Å². The van der Waals surface area contributed by atoms with Crippen LogP contribution in [0.4, 0.5) is 4.39 Å². The number of aromatic hydroxyl groups is 1. The normalized spacial score (nSPS) is 29.3. The number of rotatable bonds is 4. The molecule has 0 saturated heterocycles. The predicted octanol–water partition coefficient (Wildman–Crippen LogP) is 3.40. The fourth-order valence-electron chi connectivity index (χ4n) is 4.10. The Kier molecular flexibility index (Phi) is 3.48. The molecule has 3 atom stereocenters. The molecule has 19 heavy (non-hydrogen) atoms. The lowest BCUT2D eigenvalue weighted by molar-refractivity contribution is 0.214. The third-order valence-electron chi connectivity index (χ3n) is 4.83. The van der Waals surface area contributed by atoms with Crippen LogP contribution in [0.3, 0.4) is 0 Å². The van der Waals surface area contributed by atoms with Crippen molar-refractivity contribution in [1.82, 2.24) is 4.90 Å². The average molecular weight is 263 g/mol. The van der Waals surface area contributed by atoms with Crippen LogP contribution in [-0.4, -0.2) is 23.6 Å². The van der Waals surface area contributed by atoms with Crippen LogP contribution < -0.4 is 0 Å². The summed E-state index contributed by atoms with van der Waals surface area (Å²) in [6.07, 6.45) is 5.65. The minimum absolute atomic E-state index is 0.0170. The Balaban J connectivity index is 1.57. The molecule has 0 heterocycles. The number of nitrogens with zero attached hydrogens (tertiary/aromatic N) is 1. The molecule has 1 N–H and O–H groups in total. The summed E-state index contributed by atoms with van der Waals surface area (Å²) in [5.74, 6) is 2.38. The van der Waals surface area contributed by atoms with Crippen molar-refractivity contribution in [3.63, 3.8) is 0 Å². The molecule has 3 unspecified atom stereocenters. The first kappa shape index (κ1) is 12.9. The third kappa shape index (κ3) is 2.92. The molecule has 2 fully saturated rings. The number of phenols is 1. The second-order valence-electron chi connectivity index (χ2n) is 6.45. The Morgan fingerprint density at radius 3 is 2.74 bits per heavy atom. The van der Waals surface area contributed by atoms with Crippen molar-refractivity contribution in [2.24, 2.45) is 17.8 Å². The second-order valence-corrected chi connectivity index (χ2v) is 6.45. The molecule has 0 aromatic heterocycles. The molecule has 0 radical (unpaired) electrons. The van der Waals surface area contributed by atoms with Gasteiger partial charge in [-0.2, -0.15) is 0 Å². The van der Waals surface area contributed by atoms with Gasteiger partial charge in [-0.1, -0.05) is 6.42 Å². The van der Waals surface area contributed by atoms with Crippen LogP contribution in [0, 0.1) is 23.6 Å². The van der Waals surface area contributed by atoms with Crippen molar-refractivity contribution >= 4 is 0 Å². The first-order valence-corrected chi connectivity index (χ1v) is 7.27. The number of hydrogen-bond acceptors (Lipinski definition) is 2. The zero-order chi connectivity index (χ0) is 13.4. The molecule has 2 aliphatic carbocycles. The van der Waals surface area contributed by atoms with Crippen LogP contribution in [0.1, 0.15) is 31.2 Å². The van der Waals surface area contributed by atoms with Crippen LogP contribution in [0.5, 0.6) is 5.75 Å². The molecule has 0 aliphatic heterocycles. The maximum Gasteiger partial charge on any atom is 0.127 e. The van der Waals surface area contributed by atoms with Crippen molar-refractivity contribution in [2.75, 3.05) is 13.6 Å². The lowest BCUT2D eigenvalue weighted by atomic mass is 9.88. The summed E-state index contributed by atoms with van der Waals surface area (Å²) in [5, 5.41) is 9.42. The van der Waals surface area contributed by atoms with Gasteiger partial charge in [-0.3, -0.25) is 0 Å². The fraction of sp³-hybridized carbons (Fsp3) is 0.625. The number of benzene rings is 1. The Hall–Kier alpha value is -1.09. The van der Waals surface area contributed by atoms with E-state index in [1.807, 2.05) is 0 Å². The van der Waals surface area contributed by atoms with Crippen molar-refractivity contribution < 1.29 is 9.50 Å². The van der Waals surface area contributed by atoms with E-state index in [1.54, 1.807) is 6.07 Å².